The van der Waals surface area contributed by atoms with Crippen LogP contribution < -0.4 is 5.73 Å². The van der Waals surface area contributed by atoms with E-state index in [0.29, 0.717) is 11.2 Å². The van der Waals surface area contributed by atoms with Crippen LogP contribution in [0.1, 0.15) is 6.23 Å². The van der Waals surface area contributed by atoms with Crippen LogP contribution >= 0.6 is 20.0 Å². The second-order valence-electron chi connectivity index (χ2n) is 5.11. The summed E-state index contributed by atoms with van der Waals surface area (Å²) in [4.78, 5) is 28.1. The summed E-state index contributed by atoms with van der Waals surface area (Å²) in [6, 6.07) is 0. The second-order valence-corrected chi connectivity index (χ2v) is 6.73. The Balaban J connectivity index is 1.90. The number of nitrogen functional groups attached to an aromatic ring is 1. The number of H-pyrrole nitrogens is 1. The molecule has 132 valence electrons. The van der Waals surface area contributed by atoms with Gasteiger partial charge in [0, 0.05) is 0 Å². The van der Waals surface area contributed by atoms with E-state index in [-0.39, 0.29) is 10.6 Å². The van der Waals surface area contributed by atoms with Crippen LogP contribution in [0.2, 0.25) is 0 Å². The highest BCUT2D eigenvalue weighted by Gasteiger charge is 2.45. The first-order chi connectivity index (χ1) is 11.2. The lowest BCUT2D eigenvalue weighted by molar-refractivity contribution is -0.0503. The van der Waals surface area contributed by atoms with Crippen LogP contribution in [0, 0.1) is 4.64 Å². The van der Waals surface area contributed by atoms with Crippen molar-refractivity contribution in [1.29, 1.82) is 0 Å². The zero-order chi connectivity index (χ0) is 17.6. The number of aliphatic hydroxyl groups is 2. The average Bonchev–Trinajstić information content (AvgIpc) is 3.00. The first kappa shape index (κ1) is 17.4. The minimum Gasteiger partial charge on any atom is -0.387 e. The Kier molecular flexibility index (Phi) is 4.44. The molecule has 0 aromatic carbocycles. The van der Waals surface area contributed by atoms with Gasteiger partial charge in [0.1, 0.15) is 29.5 Å². The highest BCUT2D eigenvalue weighted by Crippen LogP contribution is 2.38. The van der Waals surface area contributed by atoms with Gasteiger partial charge in [0.15, 0.2) is 16.8 Å². The normalized spacial score (nSPS) is 27.8. The van der Waals surface area contributed by atoms with E-state index in [4.69, 9.17) is 32.5 Å². The number of ether oxygens (including phenoxy) is 1. The highest BCUT2D eigenvalue weighted by atomic mass is 32.1. The largest absolute Gasteiger partial charge is 0.469 e. The van der Waals surface area contributed by atoms with Crippen LogP contribution in [-0.4, -0.2) is 64.4 Å². The number of aliphatic hydroxyl groups excluding tert-OH is 2. The molecular weight excluding hydrogens is 365 g/mol. The third-order valence-corrected chi connectivity index (χ3v) is 4.25. The molecule has 1 saturated heterocycles. The zero-order valence-electron chi connectivity index (χ0n) is 11.9. The number of aromatic nitrogens is 4. The van der Waals surface area contributed by atoms with Crippen molar-refractivity contribution in [1.82, 2.24) is 19.5 Å². The van der Waals surface area contributed by atoms with Gasteiger partial charge in [-0.3, -0.25) is 9.09 Å². The monoisotopic (exact) mass is 379 g/mol. The summed E-state index contributed by atoms with van der Waals surface area (Å²) in [6.45, 7) is -0.606. The third kappa shape index (κ3) is 3.20. The van der Waals surface area contributed by atoms with Crippen LogP contribution in [0.5, 0.6) is 0 Å². The van der Waals surface area contributed by atoms with E-state index < -0.39 is 39.0 Å². The standard InChI is InChI=1S/C10H14N5O7PS/c11-10-13-7-4(8(24)14-10)12-2-15(7)9-6(17)5(16)3(22-9)1-21-23(18,19)20/h2-3,5-6,9,16-17H,1H2,(H2,18,19,20)(H3,11,13,14,24)/t3-,5-,6-,9+/m1/s1. The Hall–Kier alpha value is -1.44. The molecule has 0 unspecified atom stereocenters. The minimum absolute atomic E-state index is 0.0312. The van der Waals surface area contributed by atoms with Crippen LogP contribution in [0.15, 0.2) is 6.33 Å². The van der Waals surface area contributed by atoms with Crippen molar-refractivity contribution < 1.29 is 33.8 Å². The molecule has 1 aliphatic heterocycles. The van der Waals surface area contributed by atoms with Crippen LogP contribution in [0.3, 0.4) is 0 Å². The number of fused-ring (bicyclic) bond motifs is 1. The maximum Gasteiger partial charge on any atom is 0.469 e. The quantitative estimate of drug-likeness (QED) is 0.276. The molecule has 7 N–H and O–H groups in total. The van der Waals surface area contributed by atoms with Crippen LogP contribution in [-0.2, 0) is 13.8 Å². The van der Waals surface area contributed by atoms with E-state index >= 15 is 0 Å². The first-order valence-corrected chi connectivity index (χ1v) is 8.55. The van der Waals surface area contributed by atoms with E-state index in [0.717, 1.165) is 0 Å². The summed E-state index contributed by atoms with van der Waals surface area (Å²) in [5, 5.41) is 20.2. The lowest BCUT2D eigenvalue weighted by Crippen LogP contribution is -2.33. The number of aromatic amines is 1. The Morgan fingerprint density at radius 2 is 2.17 bits per heavy atom. The van der Waals surface area contributed by atoms with Crippen molar-refractivity contribution >= 4 is 37.2 Å². The van der Waals surface area contributed by atoms with Gasteiger partial charge < -0.3 is 35.5 Å². The molecule has 0 saturated carbocycles. The summed E-state index contributed by atoms with van der Waals surface area (Å²) in [5.41, 5.74) is 6.24. The van der Waals surface area contributed by atoms with Crippen molar-refractivity contribution in [3.63, 3.8) is 0 Å². The summed E-state index contributed by atoms with van der Waals surface area (Å²) >= 11 is 5.04. The van der Waals surface area contributed by atoms with E-state index in [1.165, 1.54) is 10.9 Å². The molecule has 3 rings (SSSR count). The Morgan fingerprint density at radius 3 is 2.83 bits per heavy atom. The fourth-order valence-electron chi connectivity index (χ4n) is 2.41. The van der Waals surface area contributed by atoms with Gasteiger partial charge in [-0.2, -0.15) is 0 Å². The Morgan fingerprint density at radius 1 is 1.46 bits per heavy atom. The van der Waals surface area contributed by atoms with Crippen molar-refractivity contribution in [2.24, 2.45) is 0 Å². The molecular formula is C10H14N5O7PS. The lowest BCUT2D eigenvalue weighted by Gasteiger charge is -2.17. The predicted molar refractivity (Wildman–Crippen MR) is 81.0 cm³/mol. The lowest BCUT2D eigenvalue weighted by atomic mass is 10.1. The highest BCUT2D eigenvalue weighted by molar-refractivity contribution is 7.71. The molecule has 1 fully saturated rings. The molecule has 12 nitrogen and oxygen atoms in total. The summed E-state index contributed by atoms with van der Waals surface area (Å²) in [6.07, 6.45) is -3.77. The second kappa shape index (κ2) is 6.13. The molecule has 1 aliphatic rings. The number of phosphoric acid groups is 1. The summed E-state index contributed by atoms with van der Waals surface area (Å²) < 4.78 is 22.0. The Bertz CT molecular complexity index is 865. The van der Waals surface area contributed by atoms with Gasteiger partial charge in [0.25, 0.3) is 0 Å². The average molecular weight is 379 g/mol. The molecule has 0 radical (unpaired) electrons. The molecule has 4 atom stereocenters. The number of phosphoric ester groups is 1. The number of nitrogens with one attached hydrogen (secondary N) is 1. The number of nitrogens with zero attached hydrogens (tertiary/aromatic N) is 3. The Labute approximate surface area is 139 Å². The zero-order valence-corrected chi connectivity index (χ0v) is 13.6. The predicted octanol–water partition coefficient (Wildman–Crippen LogP) is -1.20. The fraction of sp³-hybridized carbons (Fsp3) is 0.500. The molecule has 0 aliphatic carbocycles. The van der Waals surface area contributed by atoms with E-state index in [1.54, 1.807) is 0 Å². The van der Waals surface area contributed by atoms with Gasteiger partial charge in [-0.25, -0.2) is 14.5 Å². The van der Waals surface area contributed by atoms with Gasteiger partial charge in [0.05, 0.1) is 12.9 Å². The molecule has 2 aromatic rings. The first-order valence-electron chi connectivity index (χ1n) is 6.61. The number of rotatable bonds is 4. The van der Waals surface area contributed by atoms with Crippen molar-refractivity contribution in [3.8, 4) is 0 Å². The van der Waals surface area contributed by atoms with E-state index in [1.807, 2.05) is 0 Å². The number of hydrogen-bond acceptors (Lipinski definition) is 9. The van der Waals surface area contributed by atoms with E-state index in [2.05, 4.69) is 19.5 Å². The SMILES string of the molecule is Nc1nc(=S)c2ncn([C@H]3O[C@H](COP(=O)(O)O)[C@@H](O)[C@H]3O)c2[nH]1. The molecule has 0 amide bonds. The van der Waals surface area contributed by atoms with Gasteiger partial charge in [-0.05, 0) is 0 Å². The maximum atomic E-state index is 10.8. The van der Waals surface area contributed by atoms with Crippen molar-refractivity contribution in [2.45, 2.75) is 24.5 Å². The number of nitrogens with two attached hydrogens (primary N) is 1. The molecule has 2 aromatic heterocycles. The summed E-state index contributed by atoms with van der Waals surface area (Å²) in [5.74, 6) is 0.0312. The number of imidazole rings is 1. The molecule has 24 heavy (non-hydrogen) atoms. The number of anilines is 1. The molecule has 0 spiro atoms. The summed E-state index contributed by atoms with van der Waals surface area (Å²) in [7, 11) is -4.73. The molecule has 0 bridgehead atoms. The maximum absolute atomic E-state index is 10.8. The topological polar surface area (TPSA) is 189 Å². The third-order valence-electron chi connectivity index (χ3n) is 3.48. The van der Waals surface area contributed by atoms with E-state index in [9.17, 15) is 14.8 Å². The van der Waals surface area contributed by atoms with Crippen LogP contribution in [0.4, 0.5) is 5.95 Å². The molecule has 3 heterocycles. The van der Waals surface area contributed by atoms with Gasteiger partial charge in [-0.1, -0.05) is 12.2 Å². The molecule has 14 heteroatoms. The minimum atomic E-state index is -4.73. The van der Waals surface area contributed by atoms with Gasteiger partial charge in [-0.15, -0.1) is 0 Å². The van der Waals surface area contributed by atoms with Gasteiger partial charge >= 0.3 is 7.82 Å². The smallest absolute Gasteiger partial charge is 0.387 e. The van der Waals surface area contributed by atoms with Crippen molar-refractivity contribution in [3.05, 3.63) is 11.0 Å². The number of hydrogen-bond donors (Lipinski definition) is 6. The fourth-order valence-corrected chi connectivity index (χ4v) is 3.00. The van der Waals surface area contributed by atoms with Gasteiger partial charge in [0.2, 0.25) is 0 Å². The van der Waals surface area contributed by atoms with Crippen LogP contribution in [0.25, 0.3) is 11.2 Å². The van der Waals surface area contributed by atoms with Crippen molar-refractivity contribution in [2.75, 3.05) is 12.3 Å².